The largest absolute Gasteiger partial charge is 0.481 e. The van der Waals surface area contributed by atoms with Crippen LogP contribution in [0.2, 0.25) is 0 Å². The topological polar surface area (TPSA) is 63.3 Å². The maximum absolute atomic E-state index is 10.4. The Hall–Kier alpha value is -0.870. The molecule has 0 amide bonds. The molecule has 0 spiro atoms. The molecule has 4 heteroatoms. The molecule has 3 nitrogen and oxygen atoms in total. The molecule has 0 aliphatic carbocycles. The molecule has 0 radical (unpaired) electrons. The third-order valence-corrected chi connectivity index (χ3v) is 2.62. The lowest BCUT2D eigenvalue weighted by molar-refractivity contribution is -0.137. The van der Waals surface area contributed by atoms with E-state index in [1.807, 2.05) is 25.1 Å². The number of aliphatic carboxylic acids is 1. The second-order valence-electron chi connectivity index (χ2n) is 3.60. The number of carbonyl (C=O) groups is 1. The summed E-state index contributed by atoms with van der Waals surface area (Å²) in [6.45, 7) is 1.98. The van der Waals surface area contributed by atoms with Crippen molar-refractivity contribution in [3.63, 3.8) is 0 Å². The third kappa shape index (κ3) is 4.01. The monoisotopic (exact) mass is 271 g/mol. The number of nitrogens with two attached hydrogens (primary N) is 1. The molecule has 82 valence electrons. The Bertz CT molecular complexity index is 345. The average molecular weight is 272 g/mol. The number of carboxylic acids is 1. The maximum atomic E-state index is 10.4. The Balaban J connectivity index is 2.72. The van der Waals surface area contributed by atoms with E-state index in [-0.39, 0.29) is 12.5 Å². The van der Waals surface area contributed by atoms with Crippen molar-refractivity contribution >= 4 is 21.9 Å². The third-order valence-electron chi connectivity index (χ3n) is 2.16. The number of benzene rings is 1. The lowest BCUT2D eigenvalue weighted by Crippen LogP contribution is -2.12. The van der Waals surface area contributed by atoms with Crippen LogP contribution in [0.1, 0.15) is 30.0 Å². The van der Waals surface area contributed by atoms with Crippen LogP contribution in [0.4, 0.5) is 0 Å². The van der Waals surface area contributed by atoms with E-state index in [0.29, 0.717) is 6.42 Å². The molecule has 1 atom stereocenters. The second kappa shape index (κ2) is 5.28. The minimum Gasteiger partial charge on any atom is -0.481 e. The standard InChI is InChI=1S/C11H14BrNO2/c1-7-4-8(6-9(12)5-7)10(13)2-3-11(14)15/h4-6,10H,2-3,13H2,1H3,(H,14,15). The van der Waals surface area contributed by atoms with Crippen molar-refractivity contribution in [2.75, 3.05) is 0 Å². The smallest absolute Gasteiger partial charge is 0.303 e. The highest BCUT2D eigenvalue weighted by Crippen LogP contribution is 2.22. The zero-order valence-electron chi connectivity index (χ0n) is 8.53. The van der Waals surface area contributed by atoms with Crippen molar-refractivity contribution in [3.8, 4) is 0 Å². The predicted molar refractivity (Wildman–Crippen MR) is 62.7 cm³/mol. The minimum atomic E-state index is -0.808. The van der Waals surface area contributed by atoms with Gasteiger partial charge < -0.3 is 10.8 Å². The molecular formula is C11H14BrNO2. The molecule has 0 bridgehead atoms. The van der Waals surface area contributed by atoms with Crippen LogP contribution in [0.15, 0.2) is 22.7 Å². The van der Waals surface area contributed by atoms with E-state index in [0.717, 1.165) is 15.6 Å². The van der Waals surface area contributed by atoms with Crippen LogP contribution in [-0.4, -0.2) is 11.1 Å². The Kier molecular flexibility index (Phi) is 4.29. The van der Waals surface area contributed by atoms with E-state index in [2.05, 4.69) is 15.9 Å². The molecule has 0 fully saturated rings. The van der Waals surface area contributed by atoms with Gasteiger partial charge >= 0.3 is 5.97 Å². The highest BCUT2D eigenvalue weighted by Gasteiger charge is 2.09. The predicted octanol–water partition coefficient (Wildman–Crippen LogP) is 2.62. The van der Waals surface area contributed by atoms with Crippen molar-refractivity contribution in [2.24, 2.45) is 5.73 Å². The molecule has 0 aromatic heterocycles. The lowest BCUT2D eigenvalue weighted by Gasteiger charge is -2.12. The maximum Gasteiger partial charge on any atom is 0.303 e. The molecular weight excluding hydrogens is 258 g/mol. The molecule has 0 saturated heterocycles. The van der Waals surface area contributed by atoms with Gasteiger partial charge in [-0.05, 0) is 36.6 Å². The molecule has 1 aromatic carbocycles. The van der Waals surface area contributed by atoms with E-state index in [4.69, 9.17) is 10.8 Å². The summed E-state index contributed by atoms with van der Waals surface area (Å²) in [7, 11) is 0. The van der Waals surface area contributed by atoms with Gasteiger partial charge in [0.2, 0.25) is 0 Å². The highest BCUT2D eigenvalue weighted by atomic mass is 79.9. The zero-order chi connectivity index (χ0) is 11.4. The fourth-order valence-electron chi connectivity index (χ4n) is 1.42. The first-order valence-corrected chi connectivity index (χ1v) is 5.53. The molecule has 0 aliphatic heterocycles. The molecule has 1 rings (SSSR count). The summed E-state index contributed by atoms with van der Waals surface area (Å²) in [5.41, 5.74) is 7.99. The molecule has 1 aromatic rings. The summed E-state index contributed by atoms with van der Waals surface area (Å²) in [5, 5.41) is 8.55. The summed E-state index contributed by atoms with van der Waals surface area (Å²) in [5.74, 6) is -0.808. The van der Waals surface area contributed by atoms with Crippen LogP contribution >= 0.6 is 15.9 Å². The van der Waals surface area contributed by atoms with Gasteiger partial charge in [-0.1, -0.05) is 22.0 Å². The van der Waals surface area contributed by atoms with Gasteiger partial charge in [0.25, 0.3) is 0 Å². The van der Waals surface area contributed by atoms with Gasteiger partial charge in [0, 0.05) is 16.9 Å². The van der Waals surface area contributed by atoms with Gasteiger partial charge in [0.05, 0.1) is 0 Å². The van der Waals surface area contributed by atoms with Crippen molar-refractivity contribution in [1.82, 2.24) is 0 Å². The van der Waals surface area contributed by atoms with Crippen LogP contribution in [0.5, 0.6) is 0 Å². The second-order valence-corrected chi connectivity index (χ2v) is 4.52. The number of rotatable bonds is 4. The molecule has 1 unspecified atom stereocenters. The Morgan fingerprint density at radius 1 is 1.53 bits per heavy atom. The van der Waals surface area contributed by atoms with E-state index >= 15 is 0 Å². The number of halogens is 1. The van der Waals surface area contributed by atoms with Crippen LogP contribution in [-0.2, 0) is 4.79 Å². The molecule has 0 aliphatic rings. The normalized spacial score (nSPS) is 12.5. The van der Waals surface area contributed by atoms with Gasteiger partial charge in [0.1, 0.15) is 0 Å². The summed E-state index contributed by atoms with van der Waals surface area (Å²) in [6.07, 6.45) is 0.567. The van der Waals surface area contributed by atoms with E-state index in [1.165, 1.54) is 0 Å². The minimum absolute atomic E-state index is 0.104. The molecule has 3 N–H and O–H groups in total. The molecule has 15 heavy (non-hydrogen) atoms. The quantitative estimate of drug-likeness (QED) is 0.885. The number of carboxylic acid groups (broad SMARTS) is 1. The summed E-state index contributed by atoms with van der Waals surface area (Å²) in [6, 6.07) is 5.70. The van der Waals surface area contributed by atoms with Crippen LogP contribution < -0.4 is 5.73 Å². The summed E-state index contributed by atoms with van der Waals surface area (Å²) >= 11 is 3.39. The van der Waals surface area contributed by atoms with E-state index in [9.17, 15) is 4.79 Å². The van der Waals surface area contributed by atoms with Gasteiger partial charge in [-0.15, -0.1) is 0 Å². The van der Waals surface area contributed by atoms with Crippen molar-refractivity contribution < 1.29 is 9.90 Å². The fourth-order valence-corrected chi connectivity index (χ4v) is 2.05. The SMILES string of the molecule is Cc1cc(Br)cc(C(N)CCC(=O)O)c1. The van der Waals surface area contributed by atoms with E-state index < -0.39 is 5.97 Å². The average Bonchev–Trinajstić information content (AvgIpc) is 2.12. The number of aryl methyl sites for hydroxylation is 1. The van der Waals surface area contributed by atoms with Crippen LogP contribution in [0, 0.1) is 6.92 Å². The molecule has 0 heterocycles. The van der Waals surface area contributed by atoms with Gasteiger partial charge in [-0.25, -0.2) is 0 Å². The van der Waals surface area contributed by atoms with Crippen molar-refractivity contribution in [2.45, 2.75) is 25.8 Å². The van der Waals surface area contributed by atoms with Crippen molar-refractivity contribution in [3.05, 3.63) is 33.8 Å². The first kappa shape index (κ1) is 12.2. The Morgan fingerprint density at radius 2 is 2.20 bits per heavy atom. The van der Waals surface area contributed by atoms with E-state index in [1.54, 1.807) is 0 Å². The summed E-state index contributed by atoms with van der Waals surface area (Å²) < 4.78 is 0.975. The Morgan fingerprint density at radius 3 is 2.73 bits per heavy atom. The first-order valence-electron chi connectivity index (χ1n) is 4.73. The highest BCUT2D eigenvalue weighted by molar-refractivity contribution is 9.10. The van der Waals surface area contributed by atoms with Gasteiger partial charge in [0.15, 0.2) is 0 Å². The summed E-state index contributed by atoms with van der Waals surface area (Å²) in [4.78, 5) is 10.4. The van der Waals surface area contributed by atoms with Crippen LogP contribution in [0.25, 0.3) is 0 Å². The van der Waals surface area contributed by atoms with Crippen LogP contribution in [0.3, 0.4) is 0 Å². The lowest BCUT2D eigenvalue weighted by atomic mass is 10.0. The number of hydrogen-bond acceptors (Lipinski definition) is 2. The molecule has 0 saturated carbocycles. The number of hydrogen-bond donors (Lipinski definition) is 2. The zero-order valence-corrected chi connectivity index (χ0v) is 10.1. The first-order chi connectivity index (χ1) is 6.99. The van der Waals surface area contributed by atoms with Crippen molar-refractivity contribution in [1.29, 1.82) is 0 Å². The van der Waals surface area contributed by atoms with Gasteiger partial charge in [-0.2, -0.15) is 0 Å². The fraction of sp³-hybridized carbons (Fsp3) is 0.364. The van der Waals surface area contributed by atoms with Gasteiger partial charge in [-0.3, -0.25) is 4.79 Å². The Labute approximate surface area is 97.4 Å².